The van der Waals surface area contributed by atoms with E-state index in [0.29, 0.717) is 23.4 Å². The van der Waals surface area contributed by atoms with E-state index in [-0.39, 0.29) is 12.5 Å². The Morgan fingerprint density at radius 3 is 2.68 bits per heavy atom. The zero-order chi connectivity index (χ0) is 21.6. The van der Waals surface area contributed by atoms with Gasteiger partial charge in [0.05, 0.1) is 23.7 Å². The Labute approximate surface area is 178 Å². The van der Waals surface area contributed by atoms with Crippen LogP contribution in [0, 0.1) is 0 Å². The van der Waals surface area contributed by atoms with Gasteiger partial charge in [-0.3, -0.25) is 9.78 Å². The number of nitrogens with zero attached hydrogens (tertiary/aromatic N) is 2. The quantitative estimate of drug-likeness (QED) is 0.449. The van der Waals surface area contributed by atoms with Crippen molar-refractivity contribution in [1.82, 2.24) is 20.3 Å². The Balaban J connectivity index is 1.38. The molecule has 4 rings (SSSR count). The number of hydrogen-bond donors (Lipinski definition) is 2. The van der Waals surface area contributed by atoms with E-state index in [2.05, 4.69) is 20.3 Å². The van der Waals surface area contributed by atoms with Gasteiger partial charge < -0.3 is 19.8 Å². The summed E-state index contributed by atoms with van der Waals surface area (Å²) in [5, 5.41) is 2.68. The van der Waals surface area contributed by atoms with Crippen LogP contribution in [0.15, 0.2) is 67.0 Å². The predicted octanol–water partition coefficient (Wildman–Crippen LogP) is 3.11. The normalized spacial score (nSPS) is 10.6. The zero-order valence-corrected chi connectivity index (χ0v) is 16.8. The molecule has 2 N–H and O–H groups in total. The Hall–Kier alpha value is -4.20. The number of esters is 1. The number of nitrogens with one attached hydrogen (secondary N) is 2. The number of aromatic nitrogens is 3. The Morgan fingerprint density at radius 2 is 1.94 bits per heavy atom. The van der Waals surface area contributed by atoms with Crippen molar-refractivity contribution in [3.8, 4) is 17.1 Å². The Bertz CT molecular complexity index is 1200. The van der Waals surface area contributed by atoms with Gasteiger partial charge in [0.25, 0.3) is 5.91 Å². The summed E-state index contributed by atoms with van der Waals surface area (Å²) in [4.78, 5) is 36.0. The highest BCUT2D eigenvalue weighted by atomic mass is 16.5. The molecule has 31 heavy (non-hydrogen) atoms. The SMILES string of the molecule is COc1ccc(-c2nc3ccc(C(=O)OCC(=O)NCc4cccnc4)cc3[nH]2)cc1. The summed E-state index contributed by atoms with van der Waals surface area (Å²) < 4.78 is 10.3. The van der Waals surface area contributed by atoms with E-state index in [9.17, 15) is 9.59 Å². The largest absolute Gasteiger partial charge is 0.497 e. The molecule has 0 spiro atoms. The number of pyridine rings is 1. The second-order valence-corrected chi connectivity index (χ2v) is 6.76. The molecule has 0 saturated heterocycles. The minimum absolute atomic E-state index is 0.318. The first-order chi connectivity index (χ1) is 15.1. The molecule has 8 heteroatoms. The van der Waals surface area contributed by atoms with Crippen LogP contribution in [0.5, 0.6) is 5.75 Å². The number of imidazole rings is 1. The number of aromatic amines is 1. The van der Waals surface area contributed by atoms with E-state index >= 15 is 0 Å². The van der Waals surface area contributed by atoms with Crippen LogP contribution < -0.4 is 10.1 Å². The molecule has 2 aromatic carbocycles. The first kappa shape index (κ1) is 20.1. The second kappa shape index (κ2) is 9.08. The van der Waals surface area contributed by atoms with Crippen molar-refractivity contribution < 1.29 is 19.1 Å². The van der Waals surface area contributed by atoms with Gasteiger partial charge in [0, 0.05) is 24.5 Å². The number of ether oxygens (including phenoxy) is 2. The fourth-order valence-corrected chi connectivity index (χ4v) is 2.99. The van der Waals surface area contributed by atoms with Crippen LogP contribution in [-0.4, -0.2) is 40.5 Å². The molecule has 4 aromatic rings. The lowest BCUT2D eigenvalue weighted by molar-refractivity contribution is -0.124. The van der Waals surface area contributed by atoms with E-state index in [4.69, 9.17) is 9.47 Å². The molecule has 0 atom stereocenters. The molecular weight excluding hydrogens is 396 g/mol. The summed E-state index contributed by atoms with van der Waals surface area (Å²) in [5.74, 6) is 0.466. The zero-order valence-electron chi connectivity index (χ0n) is 16.8. The van der Waals surface area contributed by atoms with E-state index in [0.717, 1.165) is 22.4 Å². The summed E-state index contributed by atoms with van der Waals surface area (Å²) in [5.41, 5.74) is 3.50. The second-order valence-electron chi connectivity index (χ2n) is 6.76. The number of benzene rings is 2. The standard InChI is InChI=1S/C23H20N4O4/c1-30-18-7-4-16(5-8-18)22-26-19-9-6-17(11-20(19)27-22)23(29)31-14-21(28)25-13-15-3-2-10-24-12-15/h2-12H,13-14H2,1H3,(H,25,28)(H,26,27). The van der Waals surface area contributed by atoms with E-state index in [1.807, 2.05) is 30.3 Å². The molecule has 1 amide bonds. The van der Waals surface area contributed by atoms with Crippen molar-refractivity contribution in [2.75, 3.05) is 13.7 Å². The highest BCUT2D eigenvalue weighted by molar-refractivity contribution is 5.95. The van der Waals surface area contributed by atoms with Crippen LogP contribution >= 0.6 is 0 Å². The van der Waals surface area contributed by atoms with Crippen LogP contribution in [-0.2, 0) is 16.1 Å². The molecule has 0 bridgehead atoms. The number of carbonyl (C=O) groups is 2. The van der Waals surface area contributed by atoms with Gasteiger partial charge in [-0.15, -0.1) is 0 Å². The molecular formula is C23H20N4O4. The highest BCUT2D eigenvalue weighted by Crippen LogP contribution is 2.23. The van der Waals surface area contributed by atoms with Gasteiger partial charge in [-0.2, -0.15) is 0 Å². The highest BCUT2D eigenvalue weighted by Gasteiger charge is 2.13. The monoisotopic (exact) mass is 416 g/mol. The number of amides is 1. The summed E-state index contributed by atoms with van der Waals surface area (Å²) in [6.07, 6.45) is 3.32. The number of hydrogen-bond acceptors (Lipinski definition) is 6. The predicted molar refractivity (Wildman–Crippen MR) is 114 cm³/mol. The summed E-state index contributed by atoms with van der Waals surface area (Å²) in [7, 11) is 1.61. The maximum absolute atomic E-state index is 12.4. The van der Waals surface area contributed by atoms with Gasteiger partial charge >= 0.3 is 5.97 Å². The Morgan fingerprint density at radius 1 is 1.10 bits per heavy atom. The topological polar surface area (TPSA) is 106 Å². The van der Waals surface area contributed by atoms with Gasteiger partial charge in [-0.25, -0.2) is 9.78 Å². The molecule has 2 heterocycles. The minimum atomic E-state index is -0.584. The van der Waals surface area contributed by atoms with Crippen LogP contribution in [0.2, 0.25) is 0 Å². The third-order valence-electron chi connectivity index (χ3n) is 4.63. The van der Waals surface area contributed by atoms with Crippen molar-refractivity contribution in [3.05, 3.63) is 78.1 Å². The molecule has 8 nitrogen and oxygen atoms in total. The minimum Gasteiger partial charge on any atom is -0.497 e. The van der Waals surface area contributed by atoms with Gasteiger partial charge in [0.1, 0.15) is 11.6 Å². The number of rotatable bonds is 7. The summed E-state index contributed by atoms with van der Waals surface area (Å²) in [6.45, 7) is -0.0460. The fourth-order valence-electron chi connectivity index (χ4n) is 2.99. The van der Waals surface area contributed by atoms with Crippen LogP contribution in [0.3, 0.4) is 0 Å². The van der Waals surface area contributed by atoms with E-state index in [1.165, 1.54) is 0 Å². The molecule has 0 unspecified atom stereocenters. The molecule has 156 valence electrons. The number of H-pyrrole nitrogens is 1. The molecule has 0 aliphatic heterocycles. The maximum atomic E-state index is 12.4. The van der Waals surface area contributed by atoms with Crippen molar-refractivity contribution in [1.29, 1.82) is 0 Å². The van der Waals surface area contributed by atoms with Gasteiger partial charge in [0.15, 0.2) is 6.61 Å². The summed E-state index contributed by atoms with van der Waals surface area (Å²) >= 11 is 0. The average Bonchev–Trinajstić information content (AvgIpc) is 3.25. The van der Waals surface area contributed by atoms with Crippen molar-refractivity contribution >= 4 is 22.9 Å². The smallest absolute Gasteiger partial charge is 0.338 e. The molecule has 0 aliphatic carbocycles. The lowest BCUT2D eigenvalue weighted by Crippen LogP contribution is -2.28. The lowest BCUT2D eigenvalue weighted by atomic mass is 10.2. The molecule has 0 radical (unpaired) electrons. The van der Waals surface area contributed by atoms with Crippen LogP contribution in [0.4, 0.5) is 0 Å². The van der Waals surface area contributed by atoms with Crippen LogP contribution in [0.1, 0.15) is 15.9 Å². The average molecular weight is 416 g/mol. The van der Waals surface area contributed by atoms with E-state index in [1.54, 1.807) is 43.8 Å². The molecule has 0 fully saturated rings. The lowest BCUT2D eigenvalue weighted by Gasteiger charge is -2.06. The third-order valence-corrected chi connectivity index (χ3v) is 4.63. The van der Waals surface area contributed by atoms with E-state index < -0.39 is 5.97 Å². The van der Waals surface area contributed by atoms with Gasteiger partial charge in [-0.05, 0) is 54.1 Å². The van der Waals surface area contributed by atoms with Gasteiger partial charge in [0.2, 0.25) is 0 Å². The molecule has 2 aromatic heterocycles. The number of methoxy groups -OCH3 is 1. The van der Waals surface area contributed by atoms with Crippen molar-refractivity contribution in [3.63, 3.8) is 0 Å². The summed E-state index contributed by atoms with van der Waals surface area (Å²) in [6, 6.07) is 16.1. The molecule has 0 aliphatic rings. The first-order valence-corrected chi connectivity index (χ1v) is 9.59. The number of carbonyl (C=O) groups excluding carboxylic acids is 2. The van der Waals surface area contributed by atoms with Crippen LogP contribution in [0.25, 0.3) is 22.4 Å². The third kappa shape index (κ3) is 4.87. The van der Waals surface area contributed by atoms with Gasteiger partial charge in [-0.1, -0.05) is 6.07 Å². The van der Waals surface area contributed by atoms with Crippen molar-refractivity contribution in [2.45, 2.75) is 6.54 Å². The number of fused-ring (bicyclic) bond motifs is 1. The Kier molecular flexibility index (Phi) is 5.89. The van der Waals surface area contributed by atoms with Crippen molar-refractivity contribution in [2.24, 2.45) is 0 Å². The first-order valence-electron chi connectivity index (χ1n) is 9.59. The fraction of sp³-hybridized carbons (Fsp3) is 0.130. The maximum Gasteiger partial charge on any atom is 0.338 e. The molecule has 0 saturated carbocycles.